The molecule has 2 atom stereocenters. The molecule has 0 amide bonds. The summed E-state index contributed by atoms with van der Waals surface area (Å²) in [7, 11) is -3.53. The molecule has 1 N–H and O–H groups in total. The topological polar surface area (TPSA) is 71.3 Å². The molecule has 0 heterocycles. The lowest BCUT2D eigenvalue weighted by Gasteiger charge is -2.22. The van der Waals surface area contributed by atoms with Crippen LogP contribution in [0.5, 0.6) is 0 Å². The van der Waals surface area contributed by atoms with Gasteiger partial charge < -0.3 is 0 Å². The smallest absolute Gasteiger partial charge is 0.292 e. The Balaban J connectivity index is 4.47. The molecule has 2 unspecified atom stereocenters. The Labute approximate surface area is 142 Å². The van der Waals surface area contributed by atoms with E-state index in [1.54, 1.807) is 6.19 Å². The van der Waals surface area contributed by atoms with E-state index in [1.165, 1.54) is 0 Å². The lowest BCUT2D eigenvalue weighted by Crippen LogP contribution is -2.17. The molecule has 5 nitrogen and oxygen atoms in total. The van der Waals surface area contributed by atoms with Crippen LogP contribution in [0.3, 0.4) is 0 Å². The predicted molar refractivity (Wildman–Crippen MR) is 94.9 cm³/mol. The molecule has 0 saturated heterocycles. The highest BCUT2D eigenvalue weighted by Gasteiger charge is 2.27. The van der Waals surface area contributed by atoms with Crippen LogP contribution in [0.4, 0.5) is 0 Å². The molecule has 0 rings (SSSR count). The number of nitrogens with one attached hydrogen (secondary N) is 1. The van der Waals surface area contributed by atoms with E-state index in [1.807, 2.05) is 0 Å². The Morgan fingerprint density at radius 2 is 1.39 bits per heavy atom. The number of hydrogen-bond acceptors (Lipinski definition) is 4. The summed E-state index contributed by atoms with van der Waals surface area (Å²) in [6, 6.07) is 0. The minimum absolute atomic E-state index is 0.356. The maximum Gasteiger partial charge on any atom is 0.441 e. The highest BCUT2D eigenvalue weighted by Crippen LogP contribution is 2.45. The van der Waals surface area contributed by atoms with Crippen LogP contribution in [0.15, 0.2) is 0 Å². The van der Waals surface area contributed by atoms with E-state index in [2.05, 4.69) is 32.8 Å². The van der Waals surface area contributed by atoms with Gasteiger partial charge in [-0.05, 0) is 24.7 Å². The Morgan fingerprint density at radius 3 is 1.70 bits per heavy atom. The monoisotopic (exact) mass is 346 g/mol. The molecule has 0 saturated carbocycles. The van der Waals surface area contributed by atoms with Crippen LogP contribution < -0.4 is 5.09 Å². The summed E-state index contributed by atoms with van der Waals surface area (Å²) in [6.07, 6.45) is 10.3. The molecule has 0 aromatic rings. The van der Waals surface area contributed by atoms with Crippen molar-refractivity contribution in [3.05, 3.63) is 0 Å². The van der Waals surface area contributed by atoms with Gasteiger partial charge in [0.15, 0.2) is 6.19 Å². The average Bonchev–Trinajstić information content (AvgIpc) is 2.55. The summed E-state index contributed by atoms with van der Waals surface area (Å²) in [6.45, 7) is 9.25. The van der Waals surface area contributed by atoms with Crippen LogP contribution in [0.25, 0.3) is 0 Å². The molecule has 0 aromatic carbocycles. The van der Waals surface area contributed by atoms with Gasteiger partial charge in [-0.3, -0.25) is 9.05 Å². The van der Waals surface area contributed by atoms with Gasteiger partial charge in [-0.1, -0.05) is 66.2 Å². The van der Waals surface area contributed by atoms with Gasteiger partial charge in [-0.15, -0.1) is 0 Å². The third kappa shape index (κ3) is 10.8. The van der Waals surface area contributed by atoms with E-state index in [4.69, 9.17) is 14.3 Å². The summed E-state index contributed by atoms with van der Waals surface area (Å²) < 4.78 is 23.7. The highest BCUT2D eigenvalue weighted by molar-refractivity contribution is 7.51. The summed E-state index contributed by atoms with van der Waals surface area (Å²) in [4.78, 5) is 0. The summed E-state index contributed by atoms with van der Waals surface area (Å²) >= 11 is 0. The van der Waals surface area contributed by atoms with E-state index in [-0.39, 0.29) is 0 Å². The molecule has 6 heteroatoms. The predicted octanol–water partition coefficient (Wildman–Crippen LogP) is 5.63. The second-order valence-electron chi connectivity index (χ2n) is 6.15. The Kier molecular flexibility index (Phi) is 13.5. The van der Waals surface area contributed by atoms with E-state index < -0.39 is 7.75 Å². The van der Waals surface area contributed by atoms with Crippen molar-refractivity contribution in [2.75, 3.05) is 13.2 Å². The molecular formula is C17H35N2O3P. The average molecular weight is 346 g/mol. The van der Waals surface area contributed by atoms with Crippen molar-refractivity contribution in [1.29, 1.82) is 5.26 Å². The third-order valence-corrected chi connectivity index (χ3v) is 5.59. The third-order valence-electron chi connectivity index (χ3n) is 4.23. The molecule has 0 aliphatic rings. The fourth-order valence-electron chi connectivity index (χ4n) is 2.37. The van der Waals surface area contributed by atoms with Gasteiger partial charge >= 0.3 is 7.75 Å². The first-order chi connectivity index (χ1) is 11.0. The summed E-state index contributed by atoms with van der Waals surface area (Å²) in [5, 5.41) is 11.1. The minimum Gasteiger partial charge on any atom is -0.292 e. The Morgan fingerprint density at radius 1 is 0.957 bits per heavy atom. The summed E-state index contributed by atoms with van der Waals surface area (Å²) in [5.41, 5.74) is 0. The molecule has 0 aliphatic carbocycles. The first-order valence-corrected chi connectivity index (χ1v) is 10.6. The maximum atomic E-state index is 12.6. The zero-order valence-electron chi connectivity index (χ0n) is 15.3. The van der Waals surface area contributed by atoms with E-state index in [9.17, 15) is 4.57 Å². The van der Waals surface area contributed by atoms with Crippen molar-refractivity contribution in [3.8, 4) is 6.19 Å². The zero-order valence-corrected chi connectivity index (χ0v) is 16.2. The quantitative estimate of drug-likeness (QED) is 0.236. The second-order valence-corrected chi connectivity index (χ2v) is 7.88. The van der Waals surface area contributed by atoms with E-state index >= 15 is 0 Å². The van der Waals surface area contributed by atoms with Gasteiger partial charge in [0.05, 0.1) is 13.2 Å². The number of hydrogen-bond donors (Lipinski definition) is 1. The number of rotatable bonds is 15. The molecule has 0 aromatic heterocycles. The highest BCUT2D eigenvalue weighted by atomic mass is 31.2. The lowest BCUT2D eigenvalue weighted by molar-refractivity contribution is 0.147. The number of nitrogens with zero attached hydrogens (tertiary/aromatic N) is 1. The molecule has 0 fully saturated rings. The van der Waals surface area contributed by atoms with Gasteiger partial charge in [0.25, 0.3) is 0 Å². The fraction of sp³-hybridized carbons (Fsp3) is 0.941. The number of unbranched alkanes of at least 4 members (excludes halogenated alkanes) is 2. The molecule has 0 spiro atoms. The van der Waals surface area contributed by atoms with Crippen LogP contribution in [0.2, 0.25) is 0 Å². The van der Waals surface area contributed by atoms with Gasteiger partial charge in [0.1, 0.15) is 0 Å². The van der Waals surface area contributed by atoms with Crippen molar-refractivity contribution in [1.82, 2.24) is 5.09 Å². The minimum atomic E-state index is -3.53. The van der Waals surface area contributed by atoms with Crippen LogP contribution in [0, 0.1) is 23.3 Å². The molecule has 0 aliphatic heterocycles. The van der Waals surface area contributed by atoms with Crippen LogP contribution >= 0.6 is 7.75 Å². The second kappa shape index (κ2) is 13.8. The largest absolute Gasteiger partial charge is 0.441 e. The SMILES string of the molecule is CCCCC(CC)COP(=O)(NC#N)OCC(CC)CCCC. The van der Waals surface area contributed by atoms with Crippen molar-refractivity contribution in [2.24, 2.45) is 11.8 Å². The molecular weight excluding hydrogens is 311 g/mol. The van der Waals surface area contributed by atoms with Gasteiger partial charge in [-0.25, -0.2) is 9.65 Å². The van der Waals surface area contributed by atoms with Crippen LogP contribution in [-0.4, -0.2) is 13.2 Å². The van der Waals surface area contributed by atoms with Crippen molar-refractivity contribution >= 4 is 7.75 Å². The lowest BCUT2D eigenvalue weighted by atomic mass is 10.0. The van der Waals surface area contributed by atoms with Crippen molar-refractivity contribution < 1.29 is 13.6 Å². The van der Waals surface area contributed by atoms with Crippen LogP contribution in [-0.2, 0) is 13.6 Å². The summed E-state index contributed by atoms with van der Waals surface area (Å²) in [5.74, 6) is 0.712. The van der Waals surface area contributed by atoms with E-state index in [0.717, 1.165) is 51.4 Å². The Hall–Kier alpha value is -0.560. The van der Waals surface area contributed by atoms with Crippen LogP contribution in [0.1, 0.15) is 79.1 Å². The van der Waals surface area contributed by atoms with Crippen molar-refractivity contribution in [3.63, 3.8) is 0 Å². The zero-order chi connectivity index (χ0) is 17.6. The first-order valence-electron chi connectivity index (χ1n) is 9.10. The number of nitriles is 1. The maximum absolute atomic E-state index is 12.6. The van der Waals surface area contributed by atoms with E-state index in [0.29, 0.717) is 25.0 Å². The van der Waals surface area contributed by atoms with Gasteiger partial charge in [0, 0.05) is 0 Å². The fourth-order valence-corrected chi connectivity index (χ4v) is 3.51. The van der Waals surface area contributed by atoms with Gasteiger partial charge in [-0.2, -0.15) is 5.26 Å². The molecule has 136 valence electrons. The normalized spacial score (nSPS) is 16.3. The molecule has 23 heavy (non-hydrogen) atoms. The van der Waals surface area contributed by atoms with Gasteiger partial charge in [0.2, 0.25) is 0 Å². The molecule has 0 radical (unpaired) electrons. The first kappa shape index (κ1) is 22.4. The Bertz CT molecular complexity index is 347. The van der Waals surface area contributed by atoms with Crippen molar-refractivity contribution in [2.45, 2.75) is 79.1 Å². The molecule has 0 bridgehead atoms. The standard InChI is InChI=1S/C17H35N2O3P/c1-5-9-11-16(7-3)13-21-23(20,19-15-18)22-14-17(8-4)12-10-6-2/h16-17H,5-14H2,1-4H3,(H,19,20).